The van der Waals surface area contributed by atoms with Crippen molar-refractivity contribution in [1.29, 1.82) is 0 Å². The van der Waals surface area contributed by atoms with Gasteiger partial charge in [0, 0.05) is 25.0 Å². The van der Waals surface area contributed by atoms with Crippen LogP contribution in [0.15, 0.2) is 0 Å². The van der Waals surface area contributed by atoms with Crippen molar-refractivity contribution < 1.29 is 0 Å². The van der Waals surface area contributed by atoms with Gasteiger partial charge in [0.25, 0.3) is 0 Å². The van der Waals surface area contributed by atoms with E-state index in [-0.39, 0.29) is 0 Å². The first-order valence-corrected chi connectivity index (χ1v) is 6.33. The molecule has 0 aliphatic carbocycles. The van der Waals surface area contributed by atoms with Crippen LogP contribution in [0.3, 0.4) is 0 Å². The zero-order chi connectivity index (χ0) is 10.2. The van der Waals surface area contributed by atoms with E-state index < -0.39 is 0 Å². The lowest BCUT2D eigenvalue weighted by Crippen LogP contribution is -2.32. The van der Waals surface area contributed by atoms with E-state index in [1.54, 1.807) is 0 Å². The van der Waals surface area contributed by atoms with Crippen LogP contribution in [0.25, 0.3) is 0 Å². The van der Waals surface area contributed by atoms with Crippen LogP contribution in [-0.2, 0) is 0 Å². The predicted molar refractivity (Wildman–Crippen MR) is 63.1 cm³/mol. The van der Waals surface area contributed by atoms with Crippen molar-refractivity contribution in [2.24, 2.45) is 0 Å². The van der Waals surface area contributed by atoms with E-state index in [1.807, 2.05) is 0 Å². The molecule has 1 rings (SSSR count). The first-order chi connectivity index (χ1) is 6.83. The molecule has 1 unspecified atom stereocenters. The third-order valence-corrected chi connectivity index (χ3v) is 3.14. The average molecular weight is 219 g/mol. The molecular weight excluding hydrogens is 196 g/mol. The van der Waals surface area contributed by atoms with Gasteiger partial charge in [-0.25, -0.2) is 0 Å². The van der Waals surface area contributed by atoms with Crippen LogP contribution in [0.1, 0.15) is 32.6 Å². The molecule has 0 aromatic heterocycles. The largest absolute Gasteiger partial charge is 0.314 e. The third-order valence-electron chi connectivity index (χ3n) is 2.77. The highest BCUT2D eigenvalue weighted by Gasteiger charge is 2.10. The standard InChI is InChI=1S/C11H23ClN2/c1-2-5-11(12)10-13-6-9-14-7-3-4-8-14/h11,13H,2-10H2,1H3. The van der Waals surface area contributed by atoms with Crippen molar-refractivity contribution in [3.8, 4) is 0 Å². The number of hydrogen-bond donors (Lipinski definition) is 1. The van der Waals surface area contributed by atoms with Crippen LogP contribution in [0.2, 0.25) is 0 Å². The predicted octanol–water partition coefficient (Wildman–Crippen LogP) is 2.08. The molecule has 84 valence electrons. The number of halogens is 1. The topological polar surface area (TPSA) is 15.3 Å². The SMILES string of the molecule is CCCC(Cl)CNCCN1CCCC1. The Morgan fingerprint density at radius 2 is 2.07 bits per heavy atom. The molecule has 1 aliphatic rings. The second-order valence-electron chi connectivity index (χ2n) is 4.14. The molecule has 3 heteroatoms. The molecule has 1 fully saturated rings. The molecule has 1 heterocycles. The Bertz CT molecular complexity index is 135. The summed E-state index contributed by atoms with van der Waals surface area (Å²) in [5.74, 6) is 0. The highest BCUT2D eigenvalue weighted by molar-refractivity contribution is 6.20. The Hall–Kier alpha value is 0.210. The quantitative estimate of drug-likeness (QED) is 0.520. The molecule has 2 nitrogen and oxygen atoms in total. The highest BCUT2D eigenvalue weighted by atomic mass is 35.5. The van der Waals surface area contributed by atoms with Gasteiger partial charge < -0.3 is 10.2 Å². The van der Waals surface area contributed by atoms with Gasteiger partial charge in [-0.3, -0.25) is 0 Å². The molecule has 1 N–H and O–H groups in total. The minimum Gasteiger partial charge on any atom is -0.314 e. The van der Waals surface area contributed by atoms with Crippen LogP contribution in [0.4, 0.5) is 0 Å². The van der Waals surface area contributed by atoms with E-state index in [9.17, 15) is 0 Å². The summed E-state index contributed by atoms with van der Waals surface area (Å²) < 4.78 is 0. The number of likely N-dealkylation sites (tertiary alicyclic amines) is 1. The second kappa shape index (κ2) is 7.49. The van der Waals surface area contributed by atoms with E-state index in [0.717, 1.165) is 19.5 Å². The van der Waals surface area contributed by atoms with Gasteiger partial charge in [-0.05, 0) is 32.4 Å². The van der Waals surface area contributed by atoms with E-state index in [4.69, 9.17) is 11.6 Å². The maximum Gasteiger partial charge on any atom is 0.0460 e. The lowest BCUT2D eigenvalue weighted by Gasteiger charge is -2.15. The molecule has 1 aliphatic heterocycles. The van der Waals surface area contributed by atoms with Crippen molar-refractivity contribution in [3.05, 3.63) is 0 Å². The number of nitrogens with one attached hydrogen (secondary N) is 1. The normalized spacial score (nSPS) is 20.1. The molecule has 1 atom stereocenters. The Labute approximate surface area is 93.0 Å². The molecule has 0 saturated carbocycles. The Morgan fingerprint density at radius 3 is 2.71 bits per heavy atom. The molecule has 0 aromatic carbocycles. The zero-order valence-electron chi connectivity index (χ0n) is 9.27. The fourth-order valence-corrected chi connectivity index (χ4v) is 2.24. The Balaban J connectivity index is 1.88. The van der Waals surface area contributed by atoms with Crippen LogP contribution in [0, 0.1) is 0 Å². The van der Waals surface area contributed by atoms with Crippen molar-refractivity contribution in [3.63, 3.8) is 0 Å². The summed E-state index contributed by atoms with van der Waals surface area (Å²) in [4.78, 5) is 2.52. The minimum atomic E-state index is 0.318. The highest BCUT2D eigenvalue weighted by Crippen LogP contribution is 2.06. The van der Waals surface area contributed by atoms with Crippen LogP contribution >= 0.6 is 11.6 Å². The minimum absolute atomic E-state index is 0.318. The summed E-state index contributed by atoms with van der Waals surface area (Å²) in [6, 6.07) is 0. The van der Waals surface area contributed by atoms with Crippen molar-refractivity contribution in [2.45, 2.75) is 38.0 Å². The van der Waals surface area contributed by atoms with Gasteiger partial charge in [0.05, 0.1) is 0 Å². The molecule has 1 saturated heterocycles. The number of nitrogens with zero attached hydrogens (tertiary/aromatic N) is 1. The van der Waals surface area contributed by atoms with Gasteiger partial charge in [-0.1, -0.05) is 13.3 Å². The molecule has 0 spiro atoms. The Morgan fingerprint density at radius 1 is 1.36 bits per heavy atom. The molecule has 0 amide bonds. The summed E-state index contributed by atoms with van der Waals surface area (Å²) >= 11 is 6.10. The maximum absolute atomic E-state index is 6.10. The van der Waals surface area contributed by atoms with Crippen LogP contribution in [0.5, 0.6) is 0 Å². The second-order valence-corrected chi connectivity index (χ2v) is 4.76. The van der Waals surface area contributed by atoms with Gasteiger partial charge in [-0.2, -0.15) is 0 Å². The molecule has 0 radical (unpaired) electrons. The third kappa shape index (κ3) is 5.18. The van der Waals surface area contributed by atoms with Gasteiger partial charge in [0.1, 0.15) is 0 Å². The number of rotatable bonds is 7. The van der Waals surface area contributed by atoms with Crippen molar-refractivity contribution >= 4 is 11.6 Å². The smallest absolute Gasteiger partial charge is 0.0460 e. The monoisotopic (exact) mass is 218 g/mol. The first-order valence-electron chi connectivity index (χ1n) is 5.90. The van der Waals surface area contributed by atoms with Crippen molar-refractivity contribution in [1.82, 2.24) is 10.2 Å². The fraction of sp³-hybridized carbons (Fsp3) is 1.00. The molecular formula is C11H23ClN2. The van der Waals surface area contributed by atoms with E-state index in [0.29, 0.717) is 5.38 Å². The Kier molecular flexibility index (Phi) is 6.57. The van der Waals surface area contributed by atoms with Gasteiger partial charge in [0.2, 0.25) is 0 Å². The molecule has 0 aromatic rings. The van der Waals surface area contributed by atoms with Gasteiger partial charge in [0.15, 0.2) is 0 Å². The number of alkyl halides is 1. The van der Waals surface area contributed by atoms with Crippen LogP contribution < -0.4 is 5.32 Å². The van der Waals surface area contributed by atoms with Gasteiger partial charge in [-0.15, -0.1) is 11.6 Å². The first kappa shape index (κ1) is 12.3. The zero-order valence-corrected chi connectivity index (χ0v) is 10.0. The average Bonchev–Trinajstić information content (AvgIpc) is 2.65. The van der Waals surface area contributed by atoms with E-state index in [1.165, 1.54) is 38.9 Å². The summed E-state index contributed by atoms with van der Waals surface area (Å²) in [5.41, 5.74) is 0. The van der Waals surface area contributed by atoms with Crippen LogP contribution in [-0.4, -0.2) is 43.0 Å². The van der Waals surface area contributed by atoms with E-state index >= 15 is 0 Å². The fourth-order valence-electron chi connectivity index (χ4n) is 1.92. The molecule has 0 bridgehead atoms. The van der Waals surface area contributed by atoms with Gasteiger partial charge >= 0.3 is 0 Å². The maximum atomic E-state index is 6.10. The lowest BCUT2D eigenvalue weighted by atomic mass is 10.2. The summed E-state index contributed by atoms with van der Waals surface area (Å²) in [6.45, 7) is 8.01. The summed E-state index contributed by atoms with van der Waals surface area (Å²) in [5, 5.41) is 3.74. The van der Waals surface area contributed by atoms with Crippen molar-refractivity contribution in [2.75, 3.05) is 32.7 Å². The molecule has 14 heavy (non-hydrogen) atoms. The lowest BCUT2D eigenvalue weighted by molar-refractivity contribution is 0.336. The summed E-state index contributed by atoms with van der Waals surface area (Å²) in [6.07, 6.45) is 5.07. The van der Waals surface area contributed by atoms with E-state index in [2.05, 4.69) is 17.1 Å². The number of hydrogen-bond acceptors (Lipinski definition) is 2. The summed E-state index contributed by atoms with van der Waals surface area (Å²) in [7, 11) is 0.